The number of fused-ring (bicyclic) bond motifs is 2. The SMILES string of the molecule is CCC1c2cc3nc(CCCN)cc(n3n2)N(C)CCCCOc2ccc(C)cc2C(=O)N1C. The first-order valence-electron chi connectivity index (χ1n) is 12.2. The Morgan fingerprint density at radius 1 is 1.18 bits per heavy atom. The van der Waals surface area contributed by atoms with E-state index < -0.39 is 0 Å². The molecular weight excluding hydrogens is 428 g/mol. The third-order valence-corrected chi connectivity index (χ3v) is 6.54. The van der Waals surface area contributed by atoms with E-state index in [1.54, 1.807) is 4.90 Å². The number of carbonyl (C=O) groups is 1. The molecule has 0 aliphatic carbocycles. The predicted octanol–water partition coefficient (Wildman–Crippen LogP) is 3.76. The van der Waals surface area contributed by atoms with Gasteiger partial charge in [-0.25, -0.2) is 4.98 Å². The Morgan fingerprint density at radius 3 is 2.76 bits per heavy atom. The van der Waals surface area contributed by atoms with Gasteiger partial charge in [0.25, 0.3) is 5.91 Å². The zero-order valence-corrected chi connectivity index (χ0v) is 20.8. The second-order valence-electron chi connectivity index (χ2n) is 9.15. The molecule has 0 radical (unpaired) electrons. The number of benzene rings is 1. The van der Waals surface area contributed by atoms with Crippen LogP contribution in [0.25, 0.3) is 5.65 Å². The molecule has 1 amide bonds. The van der Waals surface area contributed by atoms with Gasteiger partial charge in [-0.05, 0) is 57.7 Å². The summed E-state index contributed by atoms with van der Waals surface area (Å²) < 4.78 is 8.00. The van der Waals surface area contributed by atoms with Crippen LogP contribution in [-0.2, 0) is 6.42 Å². The molecule has 1 unspecified atom stereocenters. The van der Waals surface area contributed by atoms with Gasteiger partial charge in [-0.1, -0.05) is 18.6 Å². The summed E-state index contributed by atoms with van der Waals surface area (Å²) in [6.07, 6.45) is 4.29. The number of nitrogens with zero attached hydrogens (tertiary/aromatic N) is 5. The maximum Gasteiger partial charge on any atom is 0.257 e. The van der Waals surface area contributed by atoms with Gasteiger partial charge in [0.1, 0.15) is 11.6 Å². The summed E-state index contributed by atoms with van der Waals surface area (Å²) in [5.74, 6) is 1.58. The molecule has 8 nitrogen and oxygen atoms in total. The van der Waals surface area contributed by atoms with Crippen LogP contribution >= 0.6 is 0 Å². The van der Waals surface area contributed by atoms with Crippen molar-refractivity contribution in [1.29, 1.82) is 0 Å². The maximum atomic E-state index is 13.6. The second-order valence-corrected chi connectivity index (χ2v) is 9.15. The minimum atomic E-state index is -0.182. The van der Waals surface area contributed by atoms with Gasteiger partial charge in [-0.2, -0.15) is 9.61 Å². The van der Waals surface area contributed by atoms with Crippen molar-refractivity contribution in [2.45, 2.75) is 52.0 Å². The van der Waals surface area contributed by atoms with E-state index in [0.29, 0.717) is 24.5 Å². The molecule has 2 aromatic heterocycles. The van der Waals surface area contributed by atoms with Crippen LogP contribution < -0.4 is 15.4 Å². The Morgan fingerprint density at radius 2 is 2.00 bits per heavy atom. The predicted molar refractivity (Wildman–Crippen MR) is 135 cm³/mol. The summed E-state index contributed by atoms with van der Waals surface area (Å²) in [5, 5.41) is 4.95. The molecule has 1 aromatic carbocycles. The number of hydrogen-bond donors (Lipinski definition) is 1. The molecule has 0 saturated carbocycles. The van der Waals surface area contributed by atoms with Crippen molar-refractivity contribution in [2.24, 2.45) is 5.73 Å². The van der Waals surface area contributed by atoms with E-state index in [1.165, 1.54) is 0 Å². The van der Waals surface area contributed by atoms with Crippen molar-refractivity contribution in [2.75, 3.05) is 38.7 Å². The van der Waals surface area contributed by atoms with E-state index in [4.69, 9.17) is 20.6 Å². The number of amides is 1. The monoisotopic (exact) mass is 464 g/mol. The van der Waals surface area contributed by atoms with Gasteiger partial charge in [0.15, 0.2) is 5.65 Å². The average molecular weight is 465 g/mol. The first kappa shape index (κ1) is 24.0. The van der Waals surface area contributed by atoms with Crippen molar-refractivity contribution in [3.63, 3.8) is 0 Å². The van der Waals surface area contributed by atoms with Gasteiger partial charge in [0, 0.05) is 38.5 Å². The first-order chi connectivity index (χ1) is 16.4. The first-order valence-corrected chi connectivity index (χ1v) is 12.2. The summed E-state index contributed by atoms with van der Waals surface area (Å²) >= 11 is 0. The Balaban J connectivity index is 1.81. The Kier molecular flexibility index (Phi) is 7.36. The molecule has 1 atom stereocenters. The molecule has 0 spiro atoms. The standard InChI is InChI=1S/C26H36N6O2/c1-5-22-21-17-24-28-19(9-8-12-27)16-25(32(24)29-21)30(3)13-6-7-14-34-23-11-10-18(2)15-20(23)26(33)31(22)4/h10-11,15-17,22H,5-9,12-14,27H2,1-4H3. The molecule has 1 aliphatic rings. The van der Waals surface area contributed by atoms with Crippen LogP contribution in [0, 0.1) is 6.92 Å². The smallest absolute Gasteiger partial charge is 0.257 e. The normalized spacial score (nSPS) is 17.4. The molecule has 34 heavy (non-hydrogen) atoms. The molecule has 0 saturated heterocycles. The fourth-order valence-corrected chi connectivity index (χ4v) is 4.57. The van der Waals surface area contributed by atoms with Crippen molar-refractivity contribution in [3.05, 3.63) is 52.8 Å². The number of rotatable bonds is 4. The van der Waals surface area contributed by atoms with Gasteiger partial charge >= 0.3 is 0 Å². The van der Waals surface area contributed by atoms with Gasteiger partial charge in [0.05, 0.1) is 23.9 Å². The number of aryl methyl sites for hydroxylation is 2. The van der Waals surface area contributed by atoms with Gasteiger partial charge < -0.3 is 20.3 Å². The van der Waals surface area contributed by atoms with Gasteiger partial charge in [0.2, 0.25) is 0 Å². The Hall–Kier alpha value is -3.13. The summed E-state index contributed by atoms with van der Waals surface area (Å²) in [5.41, 5.74) is 10.0. The van der Waals surface area contributed by atoms with E-state index in [1.807, 2.05) is 42.8 Å². The second kappa shape index (κ2) is 10.4. The van der Waals surface area contributed by atoms with E-state index in [0.717, 1.165) is 67.1 Å². The van der Waals surface area contributed by atoms with Crippen molar-refractivity contribution < 1.29 is 9.53 Å². The lowest BCUT2D eigenvalue weighted by Crippen LogP contribution is -2.31. The maximum absolute atomic E-state index is 13.6. The van der Waals surface area contributed by atoms with Gasteiger partial charge in [-0.3, -0.25) is 4.79 Å². The van der Waals surface area contributed by atoms with Crippen molar-refractivity contribution in [3.8, 4) is 5.75 Å². The molecule has 182 valence electrons. The minimum Gasteiger partial charge on any atom is -0.493 e. The zero-order chi connectivity index (χ0) is 24.2. The van der Waals surface area contributed by atoms with Crippen molar-refractivity contribution >= 4 is 17.4 Å². The molecular formula is C26H36N6O2. The lowest BCUT2D eigenvalue weighted by molar-refractivity contribution is 0.0718. The summed E-state index contributed by atoms with van der Waals surface area (Å²) in [6, 6.07) is 9.76. The third kappa shape index (κ3) is 4.87. The number of anilines is 1. The van der Waals surface area contributed by atoms with Crippen LogP contribution in [0.3, 0.4) is 0 Å². The molecule has 3 aromatic rings. The Bertz CT molecular complexity index is 1160. The number of nitrogens with two attached hydrogens (primary N) is 1. The third-order valence-electron chi connectivity index (χ3n) is 6.54. The summed E-state index contributed by atoms with van der Waals surface area (Å²) in [6.45, 7) is 6.14. The van der Waals surface area contributed by atoms with Crippen LogP contribution in [0.4, 0.5) is 5.82 Å². The largest absolute Gasteiger partial charge is 0.493 e. The highest BCUT2D eigenvalue weighted by molar-refractivity contribution is 5.97. The molecule has 0 fully saturated rings. The van der Waals surface area contributed by atoms with Crippen molar-refractivity contribution in [1.82, 2.24) is 19.5 Å². The number of aromatic nitrogens is 3. The van der Waals surface area contributed by atoms with Crippen LogP contribution in [0.2, 0.25) is 0 Å². The van der Waals surface area contributed by atoms with Crippen LogP contribution in [-0.4, -0.2) is 59.2 Å². The highest BCUT2D eigenvalue weighted by Crippen LogP contribution is 2.30. The topological polar surface area (TPSA) is 89.0 Å². The van der Waals surface area contributed by atoms with E-state index in [9.17, 15) is 4.79 Å². The van der Waals surface area contributed by atoms with E-state index in [-0.39, 0.29) is 11.9 Å². The number of carbonyl (C=O) groups excluding carboxylic acids is 1. The fraction of sp³-hybridized carbons (Fsp3) is 0.500. The number of ether oxygens (including phenoxy) is 1. The Labute approximate surface area is 201 Å². The lowest BCUT2D eigenvalue weighted by Gasteiger charge is -2.27. The molecule has 8 heteroatoms. The zero-order valence-electron chi connectivity index (χ0n) is 20.8. The molecule has 2 N–H and O–H groups in total. The van der Waals surface area contributed by atoms with E-state index >= 15 is 0 Å². The molecule has 4 rings (SSSR count). The van der Waals surface area contributed by atoms with Gasteiger partial charge in [-0.15, -0.1) is 0 Å². The lowest BCUT2D eigenvalue weighted by atomic mass is 10.1. The summed E-state index contributed by atoms with van der Waals surface area (Å²) in [7, 11) is 3.94. The molecule has 1 aliphatic heterocycles. The average Bonchev–Trinajstić information content (AvgIpc) is 3.25. The number of hydrogen-bond acceptors (Lipinski definition) is 6. The quantitative estimate of drug-likeness (QED) is 0.632. The fourth-order valence-electron chi connectivity index (χ4n) is 4.57. The molecule has 3 heterocycles. The minimum absolute atomic E-state index is 0.0635. The van der Waals surface area contributed by atoms with Crippen LogP contribution in [0.15, 0.2) is 30.3 Å². The highest BCUT2D eigenvalue weighted by Gasteiger charge is 2.27. The summed E-state index contributed by atoms with van der Waals surface area (Å²) in [4.78, 5) is 22.5. The van der Waals surface area contributed by atoms with E-state index in [2.05, 4.69) is 24.9 Å². The highest BCUT2D eigenvalue weighted by atomic mass is 16.5. The van der Waals surface area contributed by atoms with Crippen LogP contribution in [0.1, 0.15) is 66.0 Å². The van der Waals surface area contributed by atoms with Crippen LogP contribution in [0.5, 0.6) is 5.75 Å². The molecule has 2 bridgehead atoms.